The van der Waals surface area contributed by atoms with E-state index in [1.54, 1.807) is 12.1 Å². The van der Waals surface area contributed by atoms with E-state index in [0.717, 1.165) is 23.5 Å². The molecule has 3 nitrogen and oxygen atoms in total. The molecular formula is C18H19NO2. The van der Waals surface area contributed by atoms with E-state index >= 15 is 0 Å². The number of hydrogen-bond donors (Lipinski definition) is 0. The van der Waals surface area contributed by atoms with Gasteiger partial charge in [-0.3, -0.25) is 0 Å². The van der Waals surface area contributed by atoms with Crippen molar-refractivity contribution in [3.63, 3.8) is 0 Å². The van der Waals surface area contributed by atoms with Gasteiger partial charge in [0.2, 0.25) is 0 Å². The number of hydrogen-bond acceptors (Lipinski definition) is 3. The maximum atomic E-state index is 8.72. The van der Waals surface area contributed by atoms with E-state index in [-0.39, 0.29) is 0 Å². The van der Waals surface area contributed by atoms with Crippen molar-refractivity contribution in [1.29, 1.82) is 5.26 Å². The Bertz CT molecular complexity index is 627. The highest BCUT2D eigenvalue weighted by Gasteiger charge is 2.00. The van der Waals surface area contributed by atoms with Gasteiger partial charge >= 0.3 is 0 Å². The zero-order valence-corrected chi connectivity index (χ0v) is 12.4. The molecule has 0 bridgehead atoms. The first-order valence-corrected chi connectivity index (χ1v) is 7.02. The fraction of sp³-hybridized carbons (Fsp3) is 0.278. The lowest BCUT2D eigenvalue weighted by atomic mass is 10.1. The lowest BCUT2D eigenvalue weighted by Gasteiger charge is -2.10. The molecule has 0 aliphatic rings. The zero-order valence-electron chi connectivity index (χ0n) is 12.4. The third kappa shape index (κ3) is 4.54. The summed E-state index contributed by atoms with van der Waals surface area (Å²) >= 11 is 0. The van der Waals surface area contributed by atoms with Crippen LogP contribution < -0.4 is 9.47 Å². The summed E-state index contributed by atoms with van der Waals surface area (Å²) < 4.78 is 11.4. The van der Waals surface area contributed by atoms with Gasteiger partial charge in [-0.25, -0.2) is 0 Å². The molecule has 0 atom stereocenters. The number of aryl methyl sites for hydroxylation is 2. The van der Waals surface area contributed by atoms with Gasteiger partial charge in [-0.2, -0.15) is 5.26 Å². The summed E-state index contributed by atoms with van der Waals surface area (Å²) in [6.07, 6.45) is 0.813. The van der Waals surface area contributed by atoms with Crippen LogP contribution in [0.4, 0.5) is 0 Å². The minimum Gasteiger partial charge on any atom is -0.493 e. The van der Waals surface area contributed by atoms with Gasteiger partial charge in [0.25, 0.3) is 0 Å². The highest BCUT2D eigenvalue weighted by atomic mass is 16.5. The summed E-state index contributed by atoms with van der Waals surface area (Å²) in [5.41, 5.74) is 2.98. The number of benzene rings is 2. The van der Waals surface area contributed by atoms with E-state index in [1.807, 2.05) is 19.1 Å². The molecule has 0 aliphatic heterocycles. The van der Waals surface area contributed by atoms with Crippen molar-refractivity contribution in [3.05, 3.63) is 59.2 Å². The molecule has 108 valence electrons. The summed E-state index contributed by atoms with van der Waals surface area (Å²) in [4.78, 5) is 0. The first-order valence-electron chi connectivity index (χ1n) is 7.02. The Morgan fingerprint density at radius 2 is 1.67 bits per heavy atom. The van der Waals surface area contributed by atoms with Gasteiger partial charge in [-0.15, -0.1) is 0 Å². The van der Waals surface area contributed by atoms with E-state index in [2.05, 4.69) is 31.2 Å². The van der Waals surface area contributed by atoms with Crippen molar-refractivity contribution in [2.45, 2.75) is 20.3 Å². The average Bonchev–Trinajstić information content (AvgIpc) is 2.51. The monoisotopic (exact) mass is 281 g/mol. The van der Waals surface area contributed by atoms with Crippen LogP contribution in [0.25, 0.3) is 0 Å². The second kappa shape index (κ2) is 7.35. The fourth-order valence-corrected chi connectivity index (χ4v) is 1.92. The van der Waals surface area contributed by atoms with Gasteiger partial charge < -0.3 is 9.47 Å². The SMILES string of the molecule is Cc1ccc(C)c(OCCCOc2ccc(C#N)cc2)c1. The minimum atomic E-state index is 0.594. The second-order valence-corrected chi connectivity index (χ2v) is 4.96. The van der Waals surface area contributed by atoms with Gasteiger partial charge in [-0.05, 0) is 55.3 Å². The highest BCUT2D eigenvalue weighted by Crippen LogP contribution is 2.19. The smallest absolute Gasteiger partial charge is 0.122 e. The lowest BCUT2D eigenvalue weighted by Crippen LogP contribution is -2.05. The third-order valence-corrected chi connectivity index (χ3v) is 3.14. The molecule has 0 amide bonds. The maximum Gasteiger partial charge on any atom is 0.122 e. The summed E-state index contributed by atoms with van der Waals surface area (Å²) in [6.45, 7) is 5.32. The zero-order chi connectivity index (χ0) is 15.1. The molecule has 2 rings (SSSR count). The Balaban J connectivity index is 1.72. The Morgan fingerprint density at radius 1 is 0.952 bits per heavy atom. The lowest BCUT2D eigenvalue weighted by molar-refractivity contribution is 0.246. The molecule has 21 heavy (non-hydrogen) atoms. The Hall–Kier alpha value is -2.47. The molecule has 0 aromatic heterocycles. The highest BCUT2D eigenvalue weighted by molar-refractivity contribution is 5.36. The molecular weight excluding hydrogens is 262 g/mol. The van der Waals surface area contributed by atoms with Crippen LogP contribution in [-0.4, -0.2) is 13.2 Å². The van der Waals surface area contributed by atoms with Gasteiger partial charge in [0, 0.05) is 6.42 Å². The fourth-order valence-electron chi connectivity index (χ4n) is 1.92. The van der Waals surface area contributed by atoms with Crippen LogP contribution in [0.1, 0.15) is 23.1 Å². The van der Waals surface area contributed by atoms with Crippen LogP contribution in [0.3, 0.4) is 0 Å². The Kier molecular flexibility index (Phi) is 5.22. The molecule has 0 N–H and O–H groups in total. The van der Waals surface area contributed by atoms with E-state index in [4.69, 9.17) is 14.7 Å². The van der Waals surface area contributed by atoms with Crippen LogP contribution in [0, 0.1) is 25.2 Å². The molecule has 0 radical (unpaired) electrons. The minimum absolute atomic E-state index is 0.594. The average molecular weight is 281 g/mol. The number of ether oxygens (including phenoxy) is 2. The molecule has 2 aromatic carbocycles. The number of nitriles is 1. The molecule has 0 aliphatic carbocycles. The summed E-state index contributed by atoms with van der Waals surface area (Å²) in [5, 5.41) is 8.72. The Morgan fingerprint density at radius 3 is 2.38 bits per heavy atom. The van der Waals surface area contributed by atoms with E-state index in [0.29, 0.717) is 18.8 Å². The van der Waals surface area contributed by atoms with Gasteiger partial charge in [0.05, 0.1) is 24.8 Å². The quantitative estimate of drug-likeness (QED) is 0.751. The van der Waals surface area contributed by atoms with Crippen LogP contribution in [0.5, 0.6) is 11.5 Å². The van der Waals surface area contributed by atoms with Crippen LogP contribution in [0.2, 0.25) is 0 Å². The van der Waals surface area contributed by atoms with Gasteiger partial charge in [-0.1, -0.05) is 12.1 Å². The van der Waals surface area contributed by atoms with Crippen LogP contribution >= 0.6 is 0 Å². The molecule has 0 unspecified atom stereocenters. The predicted octanol–water partition coefficient (Wildman–Crippen LogP) is 4.02. The number of rotatable bonds is 6. The van der Waals surface area contributed by atoms with Crippen molar-refractivity contribution in [1.82, 2.24) is 0 Å². The summed E-state index contributed by atoms with van der Waals surface area (Å²) in [7, 11) is 0. The van der Waals surface area contributed by atoms with E-state index in [9.17, 15) is 0 Å². The van der Waals surface area contributed by atoms with Crippen LogP contribution in [0.15, 0.2) is 42.5 Å². The molecule has 0 fully saturated rings. The Labute approximate surface area is 125 Å². The van der Waals surface area contributed by atoms with Crippen molar-refractivity contribution in [2.24, 2.45) is 0 Å². The molecule has 0 saturated carbocycles. The van der Waals surface area contributed by atoms with E-state index in [1.165, 1.54) is 5.56 Å². The molecule has 0 heterocycles. The van der Waals surface area contributed by atoms with Crippen molar-refractivity contribution in [2.75, 3.05) is 13.2 Å². The maximum absolute atomic E-state index is 8.72. The normalized spacial score (nSPS) is 9.95. The molecule has 3 heteroatoms. The van der Waals surface area contributed by atoms with Gasteiger partial charge in [0.15, 0.2) is 0 Å². The first-order chi connectivity index (χ1) is 10.2. The largest absolute Gasteiger partial charge is 0.493 e. The number of nitrogens with zero attached hydrogens (tertiary/aromatic N) is 1. The first kappa shape index (κ1) is 14.9. The van der Waals surface area contributed by atoms with Crippen molar-refractivity contribution >= 4 is 0 Å². The van der Waals surface area contributed by atoms with Gasteiger partial charge in [0.1, 0.15) is 11.5 Å². The summed E-state index contributed by atoms with van der Waals surface area (Å²) in [5.74, 6) is 1.72. The second-order valence-electron chi connectivity index (χ2n) is 4.96. The van der Waals surface area contributed by atoms with Crippen molar-refractivity contribution < 1.29 is 9.47 Å². The summed E-state index contributed by atoms with van der Waals surface area (Å²) in [6, 6.07) is 15.4. The molecule has 2 aromatic rings. The molecule has 0 spiro atoms. The topological polar surface area (TPSA) is 42.2 Å². The third-order valence-electron chi connectivity index (χ3n) is 3.14. The van der Waals surface area contributed by atoms with E-state index < -0.39 is 0 Å². The predicted molar refractivity (Wildman–Crippen MR) is 82.7 cm³/mol. The van der Waals surface area contributed by atoms with Crippen molar-refractivity contribution in [3.8, 4) is 17.6 Å². The standard InChI is InChI=1S/C18H19NO2/c1-14-4-5-15(2)18(12-14)21-11-3-10-20-17-8-6-16(13-19)7-9-17/h4-9,12H,3,10-11H2,1-2H3. The van der Waals surface area contributed by atoms with Crippen LogP contribution in [-0.2, 0) is 0 Å². The molecule has 0 saturated heterocycles.